The Labute approximate surface area is 168 Å². The fourth-order valence-electron chi connectivity index (χ4n) is 2.96. The summed E-state index contributed by atoms with van der Waals surface area (Å²) in [6.45, 7) is 0.140. The molecule has 6 nitrogen and oxygen atoms in total. The predicted octanol–water partition coefficient (Wildman–Crippen LogP) is 4.34. The van der Waals surface area contributed by atoms with E-state index in [1.54, 1.807) is 19.2 Å². The molecule has 0 bridgehead atoms. The van der Waals surface area contributed by atoms with Gasteiger partial charge in [-0.05, 0) is 35.4 Å². The summed E-state index contributed by atoms with van der Waals surface area (Å²) in [6.07, 6.45) is 0. The molecule has 0 radical (unpaired) electrons. The van der Waals surface area contributed by atoms with Gasteiger partial charge in [0.1, 0.15) is 5.75 Å². The van der Waals surface area contributed by atoms with Crippen molar-refractivity contribution in [3.05, 3.63) is 90.3 Å². The summed E-state index contributed by atoms with van der Waals surface area (Å²) in [5.74, 6) is 1.10. The van der Waals surface area contributed by atoms with Crippen LogP contribution in [0.2, 0.25) is 0 Å². The Kier molecular flexibility index (Phi) is 5.33. The van der Waals surface area contributed by atoms with E-state index in [1.165, 1.54) is 0 Å². The Morgan fingerprint density at radius 2 is 1.59 bits per heavy atom. The third kappa shape index (κ3) is 4.16. The number of carbonyl (C=O) groups excluding carboxylic acids is 1. The Hall–Kier alpha value is -3.93. The summed E-state index contributed by atoms with van der Waals surface area (Å²) >= 11 is 0. The lowest BCUT2D eigenvalue weighted by Gasteiger charge is -2.05. The monoisotopic (exact) mass is 385 g/mol. The molecule has 0 saturated carbocycles. The maximum atomic E-state index is 12.4. The van der Waals surface area contributed by atoms with Crippen LogP contribution < -0.4 is 10.1 Å². The van der Waals surface area contributed by atoms with Crippen LogP contribution in [0.3, 0.4) is 0 Å². The zero-order valence-electron chi connectivity index (χ0n) is 15.8. The van der Waals surface area contributed by atoms with Crippen LogP contribution in [-0.4, -0.2) is 23.2 Å². The minimum Gasteiger partial charge on any atom is -0.496 e. The first-order valence-electron chi connectivity index (χ1n) is 9.14. The van der Waals surface area contributed by atoms with Crippen molar-refractivity contribution in [2.24, 2.45) is 0 Å². The van der Waals surface area contributed by atoms with E-state index < -0.39 is 0 Å². The summed E-state index contributed by atoms with van der Waals surface area (Å²) in [4.78, 5) is 12.4. The Bertz CT molecular complexity index is 1110. The minimum absolute atomic E-state index is 0.140. The zero-order chi connectivity index (χ0) is 20.1. The number of benzene rings is 3. The van der Waals surface area contributed by atoms with Crippen LogP contribution in [-0.2, 0) is 6.54 Å². The molecule has 0 atom stereocenters. The van der Waals surface area contributed by atoms with Crippen LogP contribution in [0.15, 0.2) is 83.3 Å². The van der Waals surface area contributed by atoms with E-state index in [1.807, 2.05) is 66.7 Å². The smallest absolute Gasteiger partial charge is 0.251 e. The molecular weight excluding hydrogens is 366 g/mol. The number of hydrogen-bond acceptors (Lipinski definition) is 5. The molecule has 4 rings (SSSR count). The second kappa shape index (κ2) is 8.39. The highest BCUT2D eigenvalue weighted by atomic mass is 16.5. The molecular formula is C23H19N3O3. The van der Waals surface area contributed by atoms with Gasteiger partial charge in [-0.3, -0.25) is 4.79 Å². The van der Waals surface area contributed by atoms with Crippen molar-refractivity contribution >= 4 is 5.91 Å². The molecule has 1 heterocycles. The number of nitrogens with zero attached hydrogens (tertiary/aromatic N) is 2. The van der Waals surface area contributed by atoms with Crippen molar-refractivity contribution < 1.29 is 13.9 Å². The normalized spacial score (nSPS) is 10.5. The lowest BCUT2D eigenvalue weighted by atomic mass is 10.0. The zero-order valence-corrected chi connectivity index (χ0v) is 15.8. The van der Waals surface area contributed by atoms with Gasteiger partial charge in [0, 0.05) is 5.56 Å². The van der Waals surface area contributed by atoms with Crippen LogP contribution in [0.25, 0.3) is 22.6 Å². The molecule has 0 aliphatic carbocycles. The van der Waals surface area contributed by atoms with Crippen molar-refractivity contribution in [1.29, 1.82) is 0 Å². The number of para-hydroxylation sites is 1. The Morgan fingerprint density at radius 3 is 2.34 bits per heavy atom. The SMILES string of the molecule is COc1ccccc1-c1nnc(CNC(=O)c2ccc(-c3ccccc3)cc2)o1. The number of ether oxygens (including phenoxy) is 1. The van der Waals surface area contributed by atoms with Gasteiger partial charge >= 0.3 is 0 Å². The van der Waals surface area contributed by atoms with Gasteiger partial charge in [-0.1, -0.05) is 54.6 Å². The molecule has 0 aliphatic rings. The average Bonchev–Trinajstić information content (AvgIpc) is 3.27. The highest BCUT2D eigenvalue weighted by molar-refractivity contribution is 5.94. The molecule has 1 amide bonds. The third-order valence-electron chi connectivity index (χ3n) is 4.46. The maximum Gasteiger partial charge on any atom is 0.251 e. The summed E-state index contributed by atoms with van der Waals surface area (Å²) in [7, 11) is 1.58. The van der Waals surface area contributed by atoms with Crippen molar-refractivity contribution in [1.82, 2.24) is 15.5 Å². The topological polar surface area (TPSA) is 77.3 Å². The van der Waals surface area contributed by atoms with Crippen LogP contribution in [0.1, 0.15) is 16.2 Å². The van der Waals surface area contributed by atoms with Crippen molar-refractivity contribution in [2.45, 2.75) is 6.54 Å². The first-order valence-corrected chi connectivity index (χ1v) is 9.14. The van der Waals surface area contributed by atoms with Gasteiger partial charge in [0.05, 0.1) is 19.2 Å². The molecule has 4 aromatic rings. The van der Waals surface area contributed by atoms with Gasteiger partial charge in [0.15, 0.2) is 0 Å². The van der Waals surface area contributed by atoms with Gasteiger partial charge in [-0.15, -0.1) is 10.2 Å². The van der Waals surface area contributed by atoms with Gasteiger partial charge in [-0.2, -0.15) is 0 Å². The standard InChI is InChI=1S/C23H19N3O3/c1-28-20-10-6-5-9-19(20)23-26-25-21(29-23)15-24-22(27)18-13-11-17(12-14-18)16-7-3-2-4-8-16/h2-14H,15H2,1H3,(H,24,27). The van der Waals surface area contributed by atoms with E-state index in [2.05, 4.69) is 15.5 Å². The first-order chi connectivity index (χ1) is 14.2. The van der Waals surface area contributed by atoms with E-state index in [4.69, 9.17) is 9.15 Å². The van der Waals surface area contributed by atoms with E-state index in [9.17, 15) is 4.79 Å². The van der Waals surface area contributed by atoms with E-state index >= 15 is 0 Å². The van der Waals surface area contributed by atoms with E-state index in [-0.39, 0.29) is 12.5 Å². The predicted molar refractivity (Wildman–Crippen MR) is 109 cm³/mol. The van der Waals surface area contributed by atoms with Crippen molar-refractivity contribution in [3.8, 4) is 28.3 Å². The number of methoxy groups -OCH3 is 1. The fraction of sp³-hybridized carbons (Fsp3) is 0.0870. The van der Waals surface area contributed by atoms with Crippen molar-refractivity contribution in [2.75, 3.05) is 7.11 Å². The molecule has 0 fully saturated rings. The quantitative estimate of drug-likeness (QED) is 0.534. The molecule has 1 aromatic heterocycles. The van der Waals surface area contributed by atoms with Gasteiger partial charge in [0.25, 0.3) is 11.8 Å². The second-order valence-corrected chi connectivity index (χ2v) is 6.33. The maximum absolute atomic E-state index is 12.4. The largest absolute Gasteiger partial charge is 0.496 e. The minimum atomic E-state index is -0.207. The number of hydrogen-bond donors (Lipinski definition) is 1. The molecule has 0 saturated heterocycles. The molecule has 0 aliphatic heterocycles. The van der Waals surface area contributed by atoms with Gasteiger partial charge < -0.3 is 14.5 Å². The number of aromatic nitrogens is 2. The summed E-state index contributed by atoms with van der Waals surface area (Å²) < 4.78 is 11.0. The third-order valence-corrected chi connectivity index (χ3v) is 4.46. The van der Waals surface area contributed by atoms with Crippen LogP contribution in [0, 0.1) is 0 Å². The van der Waals surface area contributed by atoms with Gasteiger partial charge in [0.2, 0.25) is 5.89 Å². The number of rotatable bonds is 6. The molecule has 3 aromatic carbocycles. The lowest BCUT2D eigenvalue weighted by molar-refractivity contribution is 0.0947. The van der Waals surface area contributed by atoms with Gasteiger partial charge in [-0.25, -0.2) is 0 Å². The molecule has 144 valence electrons. The van der Waals surface area contributed by atoms with Crippen LogP contribution in [0.4, 0.5) is 0 Å². The molecule has 6 heteroatoms. The van der Waals surface area contributed by atoms with E-state index in [0.717, 1.165) is 11.1 Å². The second-order valence-electron chi connectivity index (χ2n) is 6.33. The fourth-order valence-corrected chi connectivity index (χ4v) is 2.96. The van der Waals surface area contributed by atoms with Crippen LogP contribution in [0.5, 0.6) is 5.75 Å². The Morgan fingerprint density at radius 1 is 0.897 bits per heavy atom. The summed E-state index contributed by atoms with van der Waals surface area (Å²) in [5, 5.41) is 10.8. The molecule has 29 heavy (non-hydrogen) atoms. The molecule has 0 spiro atoms. The molecule has 1 N–H and O–H groups in total. The number of nitrogens with one attached hydrogen (secondary N) is 1. The lowest BCUT2D eigenvalue weighted by Crippen LogP contribution is -2.22. The number of carbonyl (C=O) groups is 1. The van der Waals surface area contributed by atoms with Crippen molar-refractivity contribution in [3.63, 3.8) is 0 Å². The summed E-state index contributed by atoms with van der Waals surface area (Å²) in [6, 6.07) is 24.8. The summed E-state index contributed by atoms with van der Waals surface area (Å²) in [5.41, 5.74) is 3.43. The highest BCUT2D eigenvalue weighted by Crippen LogP contribution is 2.28. The number of amides is 1. The van der Waals surface area contributed by atoms with Crippen LogP contribution >= 0.6 is 0 Å². The Balaban J connectivity index is 1.41. The molecule has 0 unspecified atom stereocenters. The first kappa shape index (κ1) is 18.4. The average molecular weight is 385 g/mol. The van der Waals surface area contributed by atoms with E-state index in [0.29, 0.717) is 28.7 Å². The highest BCUT2D eigenvalue weighted by Gasteiger charge is 2.14.